The van der Waals surface area contributed by atoms with Crippen LogP contribution in [-0.2, 0) is 17.7 Å². The van der Waals surface area contributed by atoms with Gasteiger partial charge in [0.2, 0.25) is 0 Å². The fourth-order valence-corrected chi connectivity index (χ4v) is 3.37. The Balaban J connectivity index is 1.90. The Morgan fingerprint density at radius 2 is 2.06 bits per heavy atom. The third kappa shape index (κ3) is 3.54. The normalized spacial score (nSPS) is 17.2. The molecule has 1 atom stereocenters. The predicted octanol–water partition coefficient (Wildman–Crippen LogP) is 3.87. The summed E-state index contributed by atoms with van der Waals surface area (Å²) in [4.78, 5) is 8.52. The van der Waals surface area contributed by atoms with Crippen molar-refractivity contribution >= 4 is 11.3 Å². The van der Waals surface area contributed by atoms with E-state index in [2.05, 4.69) is 32.3 Å². The molecule has 1 unspecified atom stereocenters. The molecule has 2 nitrogen and oxygen atoms in total. The lowest BCUT2D eigenvalue weighted by molar-refractivity contribution is 0.00477. The summed E-state index contributed by atoms with van der Waals surface area (Å²) >= 11 is 1.96. The zero-order chi connectivity index (χ0) is 12.3. The van der Waals surface area contributed by atoms with Crippen LogP contribution in [0.5, 0.6) is 0 Å². The van der Waals surface area contributed by atoms with Gasteiger partial charge in [-0.25, -0.2) is 0 Å². The van der Waals surface area contributed by atoms with Crippen molar-refractivity contribution < 1.29 is 4.84 Å². The monoisotopic (exact) mass is 253 g/mol. The van der Waals surface area contributed by atoms with Crippen molar-refractivity contribution in [2.45, 2.75) is 52.5 Å². The minimum absolute atomic E-state index is 0.310. The van der Waals surface area contributed by atoms with Gasteiger partial charge >= 0.3 is 0 Å². The molecule has 1 aromatic rings. The van der Waals surface area contributed by atoms with Crippen LogP contribution in [0.25, 0.3) is 0 Å². The molecule has 3 heteroatoms. The molecule has 0 saturated heterocycles. The van der Waals surface area contributed by atoms with Gasteiger partial charge in [0.1, 0.15) is 0 Å². The number of hydrogen-bond acceptors (Lipinski definition) is 3. The second-order valence-corrected chi connectivity index (χ2v) is 6.52. The van der Waals surface area contributed by atoms with Crippen molar-refractivity contribution in [1.82, 2.24) is 5.48 Å². The van der Waals surface area contributed by atoms with Crippen LogP contribution < -0.4 is 5.48 Å². The van der Waals surface area contributed by atoms with Crippen LogP contribution in [0.15, 0.2) is 6.07 Å². The molecule has 0 saturated carbocycles. The van der Waals surface area contributed by atoms with Crippen molar-refractivity contribution in [2.75, 3.05) is 6.61 Å². The molecule has 0 radical (unpaired) electrons. The molecule has 1 aromatic heterocycles. The summed E-state index contributed by atoms with van der Waals surface area (Å²) in [6, 6.07) is 2.68. The summed E-state index contributed by atoms with van der Waals surface area (Å²) in [6.07, 6.45) is 5.26. The number of fused-ring (bicyclic) bond motifs is 1. The minimum Gasteiger partial charge on any atom is -0.301 e. The van der Waals surface area contributed by atoms with E-state index in [1.54, 1.807) is 10.4 Å². The quantitative estimate of drug-likeness (QED) is 0.804. The first kappa shape index (κ1) is 13.1. The van der Waals surface area contributed by atoms with Gasteiger partial charge in [-0.15, -0.1) is 11.3 Å². The molecular formula is C14H23NOS. The van der Waals surface area contributed by atoms with Crippen molar-refractivity contribution in [2.24, 2.45) is 5.92 Å². The van der Waals surface area contributed by atoms with Crippen molar-refractivity contribution in [3.05, 3.63) is 21.4 Å². The van der Waals surface area contributed by atoms with Gasteiger partial charge in [-0.05, 0) is 50.2 Å². The molecule has 0 fully saturated rings. The first-order chi connectivity index (χ1) is 8.16. The SMILES string of the molecule is CC(C)CONC(C)c1cc2c(s1)CCCC2. The summed E-state index contributed by atoms with van der Waals surface area (Å²) in [7, 11) is 0. The predicted molar refractivity (Wildman–Crippen MR) is 73.3 cm³/mol. The second-order valence-electron chi connectivity index (χ2n) is 5.35. The average molecular weight is 253 g/mol. The smallest absolute Gasteiger partial charge is 0.0705 e. The number of nitrogens with one attached hydrogen (secondary N) is 1. The van der Waals surface area contributed by atoms with Gasteiger partial charge in [-0.2, -0.15) is 5.48 Å². The Hall–Kier alpha value is -0.380. The lowest BCUT2D eigenvalue weighted by Crippen LogP contribution is -2.20. The fraction of sp³-hybridized carbons (Fsp3) is 0.714. The lowest BCUT2D eigenvalue weighted by Gasteiger charge is -2.13. The first-order valence-electron chi connectivity index (χ1n) is 6.65. The Morgan fingerprint density at radius 1 is 1.29 bits per heavy atom. The Morgan fingerprint density at radius 3 is 2.76 bits per heavy atom. The van der Waals surface area contributed by atoms with E-state index in [0.29, 0.717) is 12.0 Å². The lowest BCUT2D eigenvalue weighted by atomic mass is 9.99. The Kier molecular flexibility index (Phi) is 4.60. The molecular weight excluding hydrogens is 230 g/mol. The fourth-order valence-electron chi connectivity index (χ4n) is 2.12. The van der Waals surface area contributed by atoms with Crippen LogP contribution in [0.4, 0.5) is 0 Å². The molecule has 1 heterocycles. The molecule has 0 aromatic carbocycles. The van der Waals surface area contributed by atoms with Gasteiger partial charge in [0.05, 0.1) is 12.6 Å². The topological polar surface area (TPSA) is 21.3 Å². The average Bonchev–Trinajstić information content (AvgIpc) is 2.71. The van der Waals surface area contributed by atoms with E-state index in [1.807, 2.05) is 11.3 Å². The summed E-state index contributed by atoms with van der Waals surface area (Å²) in [5, 5.41) is 0. The van der Waals surface area contributed by atoms with Crippen LogP contribution in [0.2, 0.25) is 0 Å². The molecule has 0 spiro atoms. The molecule has 17 heavy (non-hydrogen) atoms. The van der Waals surface area contributed by atoms with Crippen LogP contribution in [-0.4, -0.2) is 6.61 Å². The van der Waals surface area contributed by atoms with E-state index >= 15 is 0 Å². The highest BCUT2D eigenvalue weighted by molar-refractivity contribution is 7.12. The van der Waals surface area contributed by atoms with Crippen molar-refractivity contribution in [1.29, 1.82) is 0 Å². The minimum atomic E-state index is 0.310. The van der Waals surface area contributed by atoms with E-state index < -0.39 is 0 Å². The van der Waals surface area contributed by atoms with Crippen LogP contribution in [0.3, 0.4) is 0 Å². The first-order valence-corrected chi connectivity index (χ1v) is 7.47. The van der Waals surface area contributed by atoms with Crippen LogP contribution in [0, 0.1) is 5.92 Å². The molecule has 96 valence electrons. The molecule has 1 N–H and O–H groups in total. The van der Waals surface area contributed by atoms with Gasteiger partial charge in [-0.1, -0.05) is 13.8 Å². The summed E-state index contributed by atoms with van der Waals surface area (Å²) < 4.78 is 0. The van der Waals surface area contributed by atoms with Gasteiger partial charge in [0.15, 0.2) is 0 Å². The number of rotatable bonds is 5. The highest BCUT2D eigenvalue weighted by Crippen LogP contribution is 2.32. The highest BCUT2D eigenvalue weighted by atomic mass is 32.1. The van der Waals surface area contributed by atoms with E-state index in [4.69, 9.17) is 4.84 Å². The third-order valence-electron chi connectivity index (χ3n) is 3.12. The van der Waals surface area contributed by atoms with Crippen molar-refractivity contribution in [3.8, 4) is 0 Å². The Labute approximate surface area is 108 Å². The number of hydroxylamine groups is 1. The maximum Gasteiger partial charge on any atom is 0.0705 e. The summed E-state index contributed by atoms with van der Waals surface area (Å²) in [6.45, 7) is 7.28. The summed E-state index contributed by atoms with van der Waals surface area (Å²) in [5.41, 5.74) is 4.73. The molecule has 0 aliphatic heterocycles. The number of aryl methyl sites for hydroxylation is 2. The zero-order valence-corrected chi connectivity index (χ0v) is 11.9. The van der Waals surface area contributed by atoms with Crippen LogP contribution >= 0.6 is 11.3 Å². The Bertz CT molecular complexity index is 336. The van der Waals surface area contributed by atoms with E-state index in [1.165, 1.54) is 30.6 Å². The number of thiophene rings is 1. The van der Waals surface area contributed by atoms with Gasteiger partial charge in [-0.3, -0.25) is 0 Å². The molecule has 0 bridgehead atoms. The largest absolute Gasteiger partial charge is 0.301 e. The zero-order valence-electron chi connectivity index (χ0n) is 11.1. The van der Waals surface area contributed by atoms with Crippen molar-refractivity contribution in [3.63, 3.8) is 0 Å². The van der Waals surface area contributed by atoms with Crippen LogP contribution in [0.1, 0.15) is 55.0 Å². The maximum absolute atomic E-state index is 5.50. The standard InChI is InChI=1S/C14H23NOS/c1-10(2)9-16-15-11(3)14-8-12-6-4-5-7-13(12)17-14/h8,10-11,15H,4-7,9H2,1-3H3. The van der Waals surface area contributed by atoms with Gasteiger partial charge < -0.3 is 4.84 Å². The molecule has 1 aliphatic carbocycles. The third-order valence-corrected chi connectivity index (χ3v) is 4.54. The highest BCUT2D eigenvalue weighted by Gasteiger charge is 2.16. The van der Waals surface area contributed by atoms with E-state index in [9.17, 15) is 0 Å². The number of hydrogen-bond donors (Lipinski definition) is 1. The maximum atomic E-state index is 5.50. The van der Waals surface area contributed by atoms with Gasteiger partial charge in [0, 0.05) is 9.75 Å². The second kappa shape index (κ2) is 5.98. The molecule has 2 rings (SSSR count). The van der Waals surface area contributed by atoms with E-state index in [0.717, 1.165) is 6.61 Å². The van der Waals surface area contributed by atoms with E-state index in [-0.39, 0.29) is 0 Å². The van der Waals surface area contributed by atoms with Gasteiger partial charge in [0.25, 0.3) is 0 Å². The summed E-state index contributed by atoms with van der Waals surface area (Å²) in [5.74, 6) is 0.575. The molecule has 1 aliphatic rings. The molecule has 0 amide bonds.